The van der Waals surface area contributed by atoms with E-state index in [2.05, 4.69) is 0 Å². The van der Waals surface area contributed by atoms with Crippen LogP contribution in [0.3, 0.4) is 0 Å². The van der Waals surface area contributed by atoms with E-state index >= 15 is 0 Å². The van der Waals surface area contributed by atoms with Crippen molar-refractivity contribution in [3.63, 3.8) is 0 Å². The zero-order valence-electron chi connectivity index (χ0n) is 15.8. The van der Waals surface area contributed by atoms with Gasteiger partial charge in [0.25, 0.3) is 0 Å². The van der Waals surface area contributed by atoms with Gasteiger partial charge in [-0.3, -0.25) is 4.79 Å². The first-order valence-corrected chi connectivity index (χ1v) is 9.33. The Kier molecular flexibility index (Phi) is 7.50. The summed E-state index contributed by atoms with van der Waals surface area (Å²) in [6.07, 6.45) is 1.48. The van der Waals surface area contributed by atoms with E-state index < -0.39 is 23.6 Å². The number of nitrogens with zero attached hydrogens (tertiary/aromatic N) is 3. The Bertz CT molecular complexity index is 768. The lowest BCUT2D eigenvalue weighted by Gasteiger charge is -2.39. The number of hydrogen-bond donors (Lipinski definition) is 3. The molecule has 0 radical (unpaired) electrons. The summed E-state index contributed by atoms with van der Waals surface area (Å²) >= 11 is 0. The standard InChI is InChI=1S/C21H27N3O2.N2/c22-18(14-16-8-3-1-4-9-16)19(25)15-21(20(23)26)12-7-13-24(21)17-10-5-2-6-11-17;1-2/h1-6,8-11,18-19,25H,7,12-15,22H2,(H2,23,26);/t18-,19+,21+;/m0./s1. The van der Waals surface area contributed by atoms with Crippen molar-refractivity contribution in [2.45, 2.75) is 43.4 Å². The summed E-state index contributed by atoms with van der Waals surface area (Å²) in [5.74, 6) is -0.398. The molecule has 0 saturated carbocycles. The highest BCUT2D eigenvalue weighted by Gasteiger charge is 2.48. The van der Waals surface area contributed by atoms with Crippen molar-refractivity contribution in [2.24, 2.45) is 11.5 Å². The molecule has 5 N–H and O–H groups in total. The second kappa shape index (κ2) is 9.83. The summed E-state index contributed by atoms with van der Waals surface area (Å²) in [6, 6.07) is 19.1. The minimum atomic E-state index is -0.894. The molecule has 1 aliphatic heterocycles. The molecule has 28 heavy (non-hydrogen) atoms. The van der Waals surface area contributed by atoms with Crippen LogP contribution in [0.15, 0.2) is 60.7 Å². The van der Waals surface area contributed by atoms with Gasteiger partial charge < -0.3 is 21.5 Å². The lowest BCUT2D eigenvalue weighted by molar-refractivity contribution is -0.124. The maximum Gasteiger partial charge on any atom is 0.243 e. The highest BCUT2D eigenvalue weighted by atomic mass is 16.3. The van der Waals surface area contributed by atoms with Crippen LogP contribution >= 0.6 is 0 Å². The number of carbonyl (C=O) groups excluding carboxylic acids is 1. The van der Waals surface area contributed by atoms with Gasteiger partial charge in [0, 0.05) is 35.5 Å². The largest absolute Gasteiger partial charge is 0.391 e. The Morgan fingerprint density at radius 1 is 1.11 bits per heavy atom. The molecule has 2 aromatic rings. The summed E-state index contributed by atoms with van der Waals surface area (Å²) in [5, 5.41) is 22.8. The molecule has 148 valence electrons. The molecule has 0 unspecified atom stereocenters. The van der Waals surface area contributed by atoms with Gasteiger partial charge >= 0.3 is 0 Å². The summed E-state index contributed by atoms with van der Waals surface area (Å²) in [4.78, 5) is 14.5. The van der Waals surface area contributed by atoms with Gasteiger partial charge in [0.05, 0.1) is 6.10 Å². The van der Waals surface area contributed by atoms with Gasteiger partial charge in [0.2, 0.25) is 5.91 Å². The minimum absolute atomic E-state index is 0.241. The maximum atomic E-state index is 12.5. The van der Waals surface area contributed by atoms with Gasteiger partial charge in [-0.25, -0.2) is 0 Å². The quantitative estimate of drug-likeness (QED) is 0.625. The highest BCUT2D eigenvalue weighted by Crippen LogP contribution is 2.37. The van der Waals surface area contributed by atoms with Crippen molar-refractivity contribution >= 4 is 11.6 Å². The van der Waals surface area contributed by atoms with Gasteiger partial charge in [-0.2, -0.15) is 0 Å². The fourth-order valence-corrected chi connectivity index (χ4v) is 3.95. The minimum Gasteiger partial charge on any atom is -0.391 e. The van der Waals surface area contributed by atoms with Gasteiger partial charge in [0.15, 0.2) is 0 Å². The second-order valence-corrected chi connectivity index (χ2v) is 7.11. The van der Waals surface area contributed by atoms with Crippen molar-refractivity contribution < 1.29 is 9.90 Å². The molecule has 1 fully saturated rings. The van der Waals surface area contributed by atoms with Crippen LogP contribution < -0.4 is 16.4 Å². The van der Waals surface area contributed by atoms with E-state index in [1.807, 2.05) is 65.6 Å². The first kappa shape index (κ1) is 21.4. The first-order chi connectivity index (χ1) is 13.5. The van der Waals surface area contributed by atoms with Crippen LogP contribution in [0.2, 0.25) is 0 Å². The molecule has 7 nitrogen and oxygen atoms in total. The van der Waals surface area contributed by atoms with Gasteiger partial charge in [-0.15, -0.1) is 0 Å². The molecule has 0 aromatic heterocycles. The van der Waals surface area contributed by atoms with Crippen LogP contribution in [-0.4, -0.2) is 35.2 Å². The molecule has 3 rings (SSSR count). The van der Waals surface area contributed by atoms with E-state index in [0.29, 0.717) is 12.8 Å². The van der Waals surface area contributed by atoms with Crippen molar-refractivity contribution in [3.8, 4) is 0 Å². The van der Waals surface area contributed by atoms with Crippen molar-refractivity contribution in [2.75, 3.05) is 11.4 Å². The van der Waals surface area contributed by atoms with Crippen LogP contribution in [0.1, 0.15) is 24.8 Å². The Labute approximate surface area is 165 Å². The summed E-state index contributed by atoms with van der Waals surface area (Å²) in [5.41, 5.74) is 13.2. The van der Waals surface area contributed by atoms with E-state index in [1.54, 1.807) is 0 Å². The average molecular weight is 381 g/mol. The van der Waals surface area contributed by atoms with Crippen molar-refractivity contribution in [1.29, 1.82) is 10.8 Å². The van der Waals surface area contributed by atoms with Crippen LogP contribution in [0.5, 0.6) is 0 Å². The Balaban J connectivity index is 0.00000136. The predicted octanol–water partition coefficient (Wildman–Crippen LogP) is 1.86. The summed E-state index contributed by atoms with van der Waals surface area (Å²) in [7, 11) is 0. The van der Waals surface area contributed by atoms with Crippen LogP contribution in [0, 0.1) is 10.8 Å². The normalized spacial score (nSPS) is 20.6. The number of carbonyl (C=O) groups is 1. The molecule has 0 spiro atoms. The molecule has 3 atom stereocenters. The molecule has 0 bridgehead atoms. The second-order valence-electron chi connectivity index (χ2n) is 7.11. The molecule has 1 amide bonds. The lowest BCUT2D eigenvalue weighted by Crippen LogP contribution is -2.57. The molecule has 1 heterocycles. The fraction of sp³-hybridized carbons (Fsp3) is 0.381. The van der Waals surface area contributed by atoms with E-state index in [1.165, 1.54) is 0 Å². The zero-order chi connectivity index (χ0) is 20.6. The third-order valence-electron chi connectivity index (χ3n) is 5.37. The molecule has 2 aromatic carbocycles. The van der Waals surface area contributed by atoms with Crippen molar-refractivity contribution in [3.05, 3.63) is 66.2 Å². The first-order valence-electron chi connectivity index (χ1n) is 9.33. The van der Waals surface area contributed by atoms with Crippen LogP contribution in [0.4, 0.5) is 5.69 Å². The Morgan fingerprint density at radius 3 is 2.25 bits per heavy atom. The Morgan fingerprint density at radius 2 is 1.68 bits per heavy atom. The van der Waals surface area contributed by atoms with Gasteiger partial charge in [0.1, 0.15) is 5.54 Å². The van der Waals surface area contributed by atoms with E-state index in [4.69, 9.17) is 22.3 Å². The van der Waals surface area contributed by atoms with E-state index in [-0.39, 0.29) is 6.42 Å². The number of rotatable bonds is 7. The number of amides is 1. The van der Waals surface area contributed by atoms with Gasteiger partial charge in [-0.1, -0.05) is 48.5 Å². The topological polar surface area (TPSA) is 140 Å². The molecule has 7 heteroatoms. The smallest absolute Gasteiger partial charge is 0.243 e. The monoisotopic (exact) mass is 381 g/mol. The number of nitrogens with two attached hydrogens (primary N) is 2. The van der Waals surface area contributed by atoms with Crippen LogP contribution in [-0.2, 0) is 11.2 Å². The third-order valence-corrected chi connectivity index (χ3v) is 5.37. The van der Waals surface area contributed by atoms with Crippen LogP contribution in [0.25, 0.3) is 0 Å². The molecule has 0 aliphatic carbocycles. The number of benzene rings is 2. The number of hydrogen-bond acceptors (Lipinski definition) is 6. The number of aliphatic hydroxyl groups is 1. The molecule has 1 saturated heterocycles. The number of aliphatic hydroxyl groups excluding tert-OH is 1. The third kappa shape index (κ3) is 4.66. The van der Waals surface area contributed by atoms with Crippen molar-refractivity contribution in [1.82, 2.24) is 0 Å². The lowest BCUT2D eigenvalue weighted by atomic mass is 9.84. The Hall–Kier alpha value is -2.95. The molecule has 1 aliphatic rings. The van der Waals surface area contributed by atoms with Gasteiger partial charge in [-0.05, 0) is 37.0 Å². The highest BCUT2D eigenvalue weighted by molar-refractivity contribution is 5.89. The molecular formula is C21H27N5O2. The summed E-state index contributed by atoms with van der Waals surface area (Å²) < 4.78 is 0. The SMILES string of the molecule is N#N.NC(=O)[C@]1(C[C@@H](O)[C@@H](N)Cc2ccccc2)CCCN1c1ccccc1. The van der Waals surface area contributed by atoms with E-state index in [0.717, 1.165) is 24.2 Å². The van der Waals surface area contributed by atoms with E-state index in [9.17, 15) is 9.90 Å². The maximum absolute atomic E-state index is 12.5. The average Bonchev–Trinajstić information content (AvgIpc) is 3.16. The number of para-hydroxylation sites is 1. The predicted molar refractivity (Wildman–Crippen MR) is 107 cm³/mol. The zero-order valence-corrected chi connectivity index (χ0v) is 15.8. The summed E-state index contributed by atoms with van der Waals surface area (Å²) in [6.45, 7) is 0.744. The number of primary amides is 1. The fourth-order valence-electron chi connectivity index (χ4n) is 3.95. The molecular weight excluding hydrogens is 354 g/mol. The number of anilines is 1.